The molecule has 0 atom stereocenters. The van der Waals surface area contributed by atoms with E-state index in [2.05, 4.69) is 25.5 Å². The summed E-state index contributed by atoms with van der Waals surface area (Å²) in [5.74, 6) is -0.154. The summed E-state index contributed by atoms with van der Waals surface area (Å²) in [5.41, 5.74) is 0. The predicted molar refractivity (Wildman–Crippen MR) is 54.0 cm³/mol. The topological polar surface area (TPSA) is 26.3 Å². The van der Waals surface area contributed by atoms with Crippen molar-refractivity contribution in [3.63, 3.8) is 0 Å². The average Bonchev–Trinajstić information content (AvgIpc) is 1.97. The van der Waals surface area contributed by atoms with Gasteiger partial charge in [0.15, 0.2) is 0 Å². The lowest BCUT2D eigenvalue weighted by atomic mass is 10.2. The van der Waals surface area contributed by atoms with Crippen molar-refractivity contribution in [1.82, 2.24) is 0 Å². The van der Waals surface area contributed by atoms with E-state index in [9.17, 15) is 4.79 Å². The zero-order valence-corrected chi connectivity index (χ0v) is 10.0. The molecule has 0 rings (SSSR count). The van der Waals surface area contributed by atoms with E-state index < -0.39 is 9.52 Å². The second-order valence-electron chi connectivity index (χ2n) is 4.04. The smallest absolute Gasteiger partial charge is 0.328 e. The fourth-order valence-electron chi connectivity index (χ4n) is 0.995. The van der Waals surface area contributed by atoms with Gasteiger partial charge < -0.3 is 4.74 Å². The van der Waals surface area contributed by atoms with E-state index in [1.54, 1.807) is 0 Å². The number of methoxy groups -OCH3 is 1. The van der Waals surface area contributed by atoms with Crippen molar-refractivity contribution in [2.45, 2.75) is 32.7 Å². The Labute approximate surface area is 76.8 Å². The van der Waals surface area contributed by atoms with Crippen LogP contribution in [0.3, 0.4) is 0 Å². The van der Waals surface area contributed by atoms with Crippen LogP contribution in [0.5, 0.6) is 0 Å². The first-order valence-corrected chi connectivity index (χ1v) is 5.55. The Balaban J connectivity index is 4.31. The molecule has 0 aromatic rings. The van der Waals surface area contributed by atoms with Crippen LogP contribution in [0.15, 0.2) is 11.3 Å². The van der Waals surface area contributed by atoms with Gasteiger partial charge in [0, 0.05) is 5.20 Å². The average molecular weight is 186 g/mol. The summed E-state index contributed by atoms with van der Waals surface area (Å²) < 4.78 is 4.68. The second-order valence-corrected chi connectivity index (χ2v) is 7.28. The lowest BCUT2D eigenvalue weighted by Gasteiger charge is -2.17. The SMILES string of the molecule is CC=C([SiH2]C(C)(C)C)C(=O)OC. The summed E-state index contributed by atoms with van der Waals surface area (Å²) >= 11 is 0. The third kappa shape index (κ3) is 4.33. The van der Waals surface area contributed by atoms with Gasteiger partial charge in [0.1, 0.15) is 0 Å². The number of esters is 1. The normalized spacial score (nSPS) is 13.9. The standard InChI is InChI=1S/C9H18O2Si/c1-6-7(8(10)11-5)12-9(2,3)4/h6H,12H2,1-5H3. The maximum Gasteiger partial charge on any atom is 0.328 e. The van der Waals surface area contributed by atoms with Crippen molar-refractivity contribution in [3.05, 3.63) is 11.3 Å². The minimum Gasteiger partial charge on any atom is -0.466 e. The number of rotatable bonds is 2. The Hall–Kier alpha value is -0.573. The van der Waals surface area contributed by atoms with E-state index >= 15 is 0 Å². The highest BCUT2D eigenvalue weighted by molar-refractivity contribution is 6.56. The largest absolute Gasteiger partial charge is 0.466 e. The van der Waals surface area contributed by atoms with Gasteiger partial charge >= 0.3 is 5.97 Å². The van der Waals surface area contributed by atoms with Crippen molar-refractivity contribution in [1.29, 1.82) is 0 Å². The number of carbonyl (C=O) groups excluding carboxylic acids is 1. The van der Waals surface area contributed by atoms with Crippen LogP contribution in [0.4, 0.5) is 0 Å². The van der Waals surface area contributed by atoms with E-state index in [0.717, 1.165) is 5.20 Å². The van der Waals surface area contributed by atoms with Gasteiger partial charge in [-0.1, -0.05) is 26.8 Å². The molecular formula is C9H18O2Si. The summed E-state index contributed by atoms with van der Waals surface area (Å²) in [6.45, 7) is 8.37. The van der Waals surface area contributed by atoms with Crippen molar-refractivity contribution in [2.75, 3.05) is 7.11 Å². The van der Waals surface area contributed by atoms with Gasteiger partial charge in [-0.15, -0.1) is 0 Å². The highest BCUT2D eigenvalue weighted by Crippen LogP contribution is 2.23. The number of hydrogen-bond acceptors (Lipinski definition) is 2. The van der Waals surface area contributed by atoms with E-state index in [-0.39, 0.29) is 11.0 Å². The Morgan fingerprint density at radius 1 is 1.42 bits per heavy atom. The summed E-state index contributed by atoms with van der Waals surface area (Å²) in [6, 6.07) is 0. The molecule has 0 fully saturated rings. The van der Waals surface area contributed by atoms with E-state index in [1.807, 2.05) is 13.0 Å². The van der Waals surface area contributed by atoms with Gasteiger partial charge in [0.05, 0.1) is 16.6 Å². The molecule has 3 heteroatoms. The summed E-state index contributed by atoms with van der Waals surface area (Å²) in [4.78, 5) is 11.2. The minimum absolute atomic E-state index is 0.154. The number of carbonyl (C=O) groups is 1. The fourth-order valence-corrected chi connectivity index (χ4v) is 2.63. The molecule has 0 saturated carbocycles. The monoisotopic (exact) mass is 186 g/mol. The molecule has 0 heterocycles. The van der Waals surface area contributed by atoms with Crippen LogP contribution < -0.4 is 0 Å². The van der Waals surface area contributed by atoms with Crippen LogP contribution in [0.25, 0.3) is 0 Å². The van der Waals surface area contributed by atoms with Crippen LogP contribution in [0, 0.1) is 0 Å². The van der Waals surface area contributed by atoms with Crippen LogP contribution >= 0.6 is 0 Å². The molecule has 0 saturated heterocycles. The maximum atomic E-state index is 11.2. The summed E-state index contributed by atoms with van der Waals surface area (Å²) in [7, 11) is 0.925. The van der Waals surface area contributed by atoms with Gasteiger partial charge in [0.25, 0.3) is 0 Å². The molecule has 0 spiro atoms. The van der Waals surface area contributed by atoms with Gasteiger partial charge in [-0.25, -0.2) is 4.79 Å². The van der Waals surface area contributed by atoms with Crippen molar-refractivity contribution in [3.8, 4) is 0 Å². The molecule has 0 amide bonds. The summed E-state index contributed by atoms with van der Waals surface area (Å²) in [6.07, 6.45) is 1.88. The molecule has 0 aromatic carbocycles. The highest BCUT2D eigenvalue weighted by atomic mass is 28.2. The Kier molecular flexibility index (Phi) is 4.24. The van der Waals surface area contributed by atoms with E-state index in [1.165, 1.54) is 7.11 Å². The van der Waals surface area contributed by atoms with Gasteiger partial charge in [0.2, 0.25) is 0 Å². The molecule has 0 aliphatic rings. The Morgan fingerprint density at radius 3 is 2.17 bits per heavy atom. The Bertz CT molecular complexity index is 189. The number of allylic oxidation sites excluding steroid dienone is 1. The first-order valence-electron chi connectivity index (χ1n) is 4.14. The van der Waals surface area contributed by atoms with Crippen LogP contribution in [0.2, 0.25) is 5.04 Å². The first-order chi connectivity index (χ1) is 5.40. The summed E-state index contributed by atoms with van der Waals surface area (Å²) in [5, 5.41) is 1.17. The highest BCUT2D eigenvalue weighted by Gasteiger charge is 2.18. The first kappa shape index (κ1) is 11.4. The van der Waals surface area contributed by atoms with Crippen LogP contribution in [-0.4, -0.2) is 22.6 Å². The molecular weight excluding hydrogens is 168 g/mol. The lowest BCUT2D eigenvalue weighted by molar-refractivity contribution is -0.135. The molecule has 70 valence electrons. The third-order valence-electron chi connectivity index (χ3n) is 1.52. The molecule has 0 radical (unpaired) electrons. The van der Waals surface area contributed by atoms with Gasteiger partial charge in [-0.3, -0.25) is 0 Å². The van der Waals surface area contributed by atoms with Crippen LogP contribution in [0.1, 0.15) is 27.7 Å². The molecule has 0 unspecified atom stereocenters. The van der Waals surface area contributed by atoms with Gasteiger partial charge in [-0.05, 0) is 12.0 Å². The Morgan fingerprint density at radius 2 is 1.92 bits per heavy atom. The zero-order chi connectivity index (χ0) is 9.78. The molecule has 0 aliphatic heterocycles. The zero-order valence-electron chi connectivity index (χ0n) is 8.60. The maximum absolute atomic E-state index is 11.2. The fraction of sp³-hybridized carbons (Fsp3) is 0.667. The number of ether oxygens (including phenoxy) is 1. The minimum atomic E-state index is -0.508. The molecule has 0 aromatic heterocycles. The molecule has 2 nitrogen and oxygen atoms in total. The number of hydrogen-bond donors (Lipinski definition) is 0. The third-order valence-corrected chi connectivity index (χ3v) is 3.66. The molecule has 0 N–H and O–H groups in total. The van der Waals surface area contributed by atoms with E-state index in [4.69, 9.17) is 0 Å². The van der Waals surface area contributed by atoms with Crippen molar-refractivity contribution >= 4 is 15.5 Å². The molecule has 0 bridgehead atoms. The van der Waals surface area contributed by atoms with Crippen molar-refractivity contribution in [2.24, 2.45) is 0 Å². The quantitative estimate of drug-likeness (QED) is 0.371. The lowest BCUT2D eigenvalue weighted by Crippen LogP contribution is -2.18. The van der Waals surface area contributed by atoms with Crippen LogP contribution in [-0.2, 0) is 9.53 Å². The predicted octanol–water partition coefficient (Wildman–Crippen LogP) is 1.45. The van der Waals surface area contributed by atoms with E-state index in [0.29, 0.717) is 0 Å². The second kappa shape index (κ2) is 4.45. The molecule has 0 aliphatic carbocycles. The van der Waals surface area contributed by atoms with Gasteiger partial charge in [-0.2, -0.15) is 0 Å². The van der Waals surface area contributed by atoms with Crippen molar-refractivity contribution < 1.29 is 9.53 Å². The molecule has 12 heavy (non-hydrogen) atoms.